The summed E-state index contributed by atoms with van der Waals surface area (Å²) >= 11 is 0. The topological polar surface area (TPSA) is 38.7 Å². The number of hydrogen-bond acceptors (Lipinski definition) is 3. The van der Waals surface area contributed by atoms with E-state index in [-0.39, 0.29) is 31.5 Å². The van der Waals surface area contributed by atoms with Crippen LogP contribution >= 0.6 is 0 Å². The van der Waals surface area contributed by atoms with Crippen molar-refractivity contribution in [1.82, 2.24) is 15.0 Å². The molecule has 0 aliphatic heterocycles. The molecular formula is C42H34IrN3. The van der Waals surface area contributed by atoms with Gasteiger partial charge in [-0.2, -0.15) is 0 Å². The van der Waals surface area contributed by atoms with Crippen molar-refractivity contribution < 1.29 is 28.3 Å². The van der Waals surface area contributed by atoms with Crippen LogP contribution in [0.15, 0.2) is 152 Å². The second kappa shape index (κ2) is 17.5. The number of aryl methyl sites for hydroxylation is 3. The molecule has 3 heterocycles. The molecule has 3 aromatic heterocycles. The van der Waals surface area contributed by atoms with Crippen molar-refractivity contribution in [2.75, 3.05) is 0 Å². The van der Waals surface area contributed by atoms with E-state index in [0.717, 1.165) is 27.9 Å². The fourth-order valence-electron chi connectivity index (χ4n) is 4.44. The summed E-state index contributed by atoms with van der Waals surface area (Å²) in [5.41, 5.74) is 8.73. The normalized spacial score (nSPS) is 12.4. The molecule has 3 nitrogen and oxygen atoms in total. The smallest absolute Gasteiger partial charge is 0.304 e. The summed E-state index contributed by atoms with van der Waals surface area (Å²) in [6, 6.07) is 54.3. The number of nitrogens with zero attached hydrogens (tertiary/aromatic N) is 3. The van der Waals surface area contributed by atoms with Gasteiger partial charge in [0, 0.05) is 25.8 Å². The molecular weight excluding hydrogens is 739 g/mol. The van der Waals surface area contributed by atoms with Crippen molar-refractivity contribution in [2.24, 2.45) is 0 Å². The van der Waals surface area contributed by atoms with Crippen molar-refractivity contribution in [3.05, 3.63) is 187 Å². The summed E-state index contributed by atoms with van der Waals surface area (Å²) in [5.74, 6) is 0. The Morgan fingerprint density at radius 3 is 1.43 bits per heavy atom. The van der Waals surface area contributed by atoms with Crippen LogP contribution in [0.3, 0.4) is 0 Å². The molecule has 0 unspecified atom stereocenters. The molecule has 0 atom stereocenters. The van der Waals surface area contributed by atoms with Gasteiger partial charge in [-0.05, 0) is 66.5 Å². The Morgan fingerprint density at radius 2 is 1.00 bits per heavy atom. The zero-order valence-electron chi connectivity index (χ0n) is 31.1. The Kier molecular flexibility index (Phi) is 9.95. The summed E-state index contributed by atoms with van der Waals surface area (Å²) in [5, 5.41) is 0. The summed E-state index contributed by atoms with van der Waals surface area (Å²) in [6.07, 6.45) is 1.93. The maximum Gasteiger partial charge on any atom is 3.00 e. The van der Waals surface area contributed by atoms with Gasteiger partial charge in [-0.25, -0.2) is 0 Å². The minimum absolute atomic E-state index is 0. The van der Waals surface area contributed by atoms with Gasteiger partial charge in [-0.3, -0.25) is 0 Å². The van der Waals surface area contributed by atoms with Gasteiger partial charge in [0.25, 0.3) is 0 Å². The average molecular weight is 779 g/mol. The standard InChI is InChI=1S/C18H14N.2C12H10N.Ir/c1-14-7-5-6-10-17(14)16-11-12-18(19-13-16)15-8-3-2-4-9-15;2*1-10-6-5-9-12(13-10)11-7-3-2-4-8-11;/h2-8,10-13H,1H3;2*2-7,9H,1H3;/q3*-1;+3/i;2*1D3;. The van der Waals surface area contributed by atoms with Gasteiger partial charge in [0.1, 0.15) is 0 Å². The monoisotopic (exact) mass is 779 g/mol. The van der Waals surface area contributed by atoms with E-state index in [1.165, 1.54) is 23.3 Å². The number of aromatic nitrogens is 3. The first-order valence-electron chi connectivity index (χ1n) is 17.4. The van der Waals surface area contributed by atoms with Crippen LogP contribution in [-0.2, 0) is 20.1 Å². The first-order chi connectivity index (χ1) is 24.5. The third-order valence-electron chi connectivity index (χ3n) is 6.67. The quantitative estimate of drug-likeness (QED) is 0.167. The second-order valence-electron chi connectivity index (χ2n) is 9.89. The van der Waals surface area contributed by atoms with Crippen LogP contribution in [0.4, 0.5) is 0 Å². The predicted molar refractivity (Wildman–Crippen MR) is 185 cm³/mol. The van der Waals surface area contributed by atoms with Gasteiger partial charge in [0.15, 0.2) is 0 Å². The van der Waals surface area contributed by atoms with E-state index < -0.39 is 13.7 Å². The largest absolute Gasteiger partial charge is 3.00 e. The fraction of sp³-hybridized carbons (Fsp3) is 0.0714. The van der Waals surface area contributed by atoms with Crippen LogP contribution in [0.2, 0.25) is 0 Å². The molecule has 7 aromatic rings. The summed E-state index contributed by atoms with van der Waals surface area (Å²) in [4.78, 5) is 12.8. The van der Waals surface area contributed by atoms with Crippen molar-refractivity contribution in [1.29, 1.82) is 0 Å². The molecule has 0 spiro atoms. The molecule has 46 heavy (non-hydrogen) atoms. The van der Waals surface area contributed by atoms with Gasteiger partial charge < -0.3 is 15.0 Å². The maximum absolute atomic E-state index is 7.29. The van der Waals surface area contributed by atoms with Crippen molar-refractivity contribution in [2.45, 2.75) is 20.6 Å². The molecule has 0 bridgehead atoms. The first-order valence-corrected chi connectivity index (χ1v) is 14.4. The van der Waals surface area contributed by atoms with E-state index in [1.807, 2.05) is 72.9 Å². The van der Waals surface area contributed by atoms with Crippen LogP contribution < -0.4 is 0 Å². The number of benzene rings is 4. The summed E-state index contributed by atoms with van der Waals surface area (Å²) in [6.45, 7) is -2.20. The average Bonchev–Trinajstić information content (AvgIpc) is 3.16. The van der Waals surface area contributed by atoms with Crippen LogP contribution in [0.1, 0.15) is 25.2 Å². The SMILES string of the molecule is Cc1ccccc1-c1ccc(-c2[c-]cccc2)nc1.[2H]C([2H])([2H])c1cccc(-c2[c-]cccc2)n1.[2H]C([2H])([2H])c1cccc(-c2[c-]cccc2)n1.[Ir+3]. The van der Waals surface area contributed by atoms with Crippen molar-refractivity contribution in [3.63, 3.8) is 0 Å². The van der Waals surface area contributed by atoms with E-state index >= 15 is 0 Å². The van der Waals surface area contributed by atoms with E-state index in [1.54, 1.807) is 36.4 Å². The Balaban J connectivity index is 0.000000174. The van der Waals surface area contributed by atoms with Gasteiger partial charge >= 0.3 is 20.1 Å². The molecule has 4 heteroatoms. The van der Waals surface area contributed by atoms with E-state index in [2.05, 4.69) is 70.4 Å². The van der Waals surface area contributed by atoms with E-state index in [9.17, 15) is 0 Å². The Labute approximate surface area is 294 Å². The predicted octanol–water partition coefficient (Wildman–Crippen LogP) is 10.2. The molecule has 7 rings (SSSR count). The first kappa shape index (κ1) is 26.2. The van der Waals surface area contributed by atoms with Crippen LogP contribution in [0, 0.1) is 38.8 Å². The number of hydrogen-bond donors (Lipinski definition) is 0. The molecule has 0 amide bonds. The molecule has 0 aliphatic rings. The number of rotatable bonds is 4. The Hall–Kier alpha value is -5.02. The Morgan fingerprint density at radius 1 is 0.500 bits per heavy atom. The van der Waals surface area contributed by atoms with Crippen LogP contribution in [0.5, 0.6) is 0 Å². The van der Waals surface area contributed by atoms with E-state index in [0.29, 0.717) is 11.4 Å². The maximum atomic E-state index is 7.29. The van der Waals surface area contributed by atoms with Gasteiger partial charge in [0.2, 0.25) is 0 Å². The van der Waals surface area contributed by atoms with Gasteiger partial charge in [-0.1, -0.05) is 60.7 Å². The van der Waals surface area contributed by atoms with Gasteiger partial charge in [-0.15, -0.1) is 108 Å². The van der Waals surface area contributed by atoms with Crippen molar-refractivity contribution in [3.8, 4) is 44.9 Å². The molecule has 4 aromatic carbocycles. The summed E-state index contributed by atoms with van der Waals surface area (Å²) < 4.78 is 43.8. The minimum atomic E-state index is -2.16. The molecule has 0 radical (unpaired) electrons. The zero-order valence-corrected chi connectivity index (χ0v) is 27.5. The molecule has 0 aliphatic carbocycles. The van der Waals surface area contributed by atoms with Crippen LogP contribution in [-0.4, -0.2) is 15.0 Å². The van der Waals surface area contributed by atoms with E-state index in [4.69, 9.17) is 8.22 Å². The van der Waals surface area contributed by atoms with Gasteiger partial charge in [0.05, 0.1) is 0 Å². The molecule has 226 valence electrons. The summed E-state index contributed by atoms with van der Waals surface area (Å²) in [7, 11) is 0. The third kappa shape index (κ3) is 9.74. The molecule has 0 fully saturated rings. The second-order valence-corrected chi connectivity index (χ2v) is 9.89. The molecule has 0 saturated heterocycles. The fourth-order valence-corrected chi connectivity index (χ4v) is 4.44. The van der Waals surface area contributed by atoms with Crippen LogP contribution in [0.25, 0.3) is 44.9 Å². The number of pyridine rings is 3. The minimum Gasteiger partial charge on any atom is -0.304 e. The molecule has 0 saturated carbocycles. The Bertz CT molecular complexity index is 2030. The molecule has 0 N–H and O–H groups in total. The zero-order chi connectivity index (χ0) is 36.3. The third-order valence-corrected chi connectivity index (χ3v) is 6.67. The van der Waals surface area contributed by atoms with Crippen molar-refractivity contribution >= 4 is 0 Å².